The number of thioether (sulfide) groups is 1. The number of aliphatic hydroxyl groups excluding tert-OH is 1. The Balaban J connectivity index is 1.79. The van der Waals surface area contributed by atoms with Crippen LogP contribution >= 0.6 is 11.8 Å². The van der Waals surface area contributed by atoms with Gasteiger partial charge in [0.2, 0.25) is 16.5 Å². The number of aliphatic hydroxyl groups is 4. The van der Waals surface area contributed by atoms with Crippen molar-refractivity contribution in [2.45, 2.75) is 61.1 Å². The molecule has 5 rings (SSSR count). The fraction of sp³-hybridized carbons (Fsp3) is 0.458. The molecule has 2 fully saturated rings. The van der Waals surface area contributed by atoms with Gasteiger partial charge in [0, 0.05) is 18.4 Å². The summed E-state index contributed by atoms with van der Waals surface area (Å²) >= 11 is 0.0247. The van der Waals surface area contributed by atoms with Gasteiger partial charge in [-0.1, -0.05) is 30.3 Å². The molecule has 2 saturated heterocycles. The molecule has 2 heterocycles. The Hall–Kier alpha value is -2.22. The van der Waals surface area contributed by atoms with E-state index in [0.29, 0.717) is 10.4 Å². The molecule has 0 aromatic heterocycles. The fourth-order valence-electron chi connectivity index (χ4n) is 5.48. The summed E-state index contributed by atoms with van der Waals surface area (Å²) in [6.07, 6.45) is -0.117. The second kappa shape index (κ2) is 7.89. The van der Waals surface area contributed by atoms with Crippen LogP contribution in [0.1, 0.15) is 20.3 Å². The highest BCUT2D eigenvalue weighted by Gasteiger charge is 2.78. The number of ether oxygens (including phenoxy) is 2. The number of benzene rings is 1. The van der Waals surface area contributed by atoms with Crippen molar-refractivity contribution in [2.24, 2.45) is 11.7 Å². The van der Waals surface area contributed by atoms with Crippen molar-refractivity contribution in [3.05, 3.63) is 45.8 Å². The first-order chi connectivity index (χ1) is 16.3. The molecular formula is C24H25NO9S. The molecule has 2 aliphatic heterocycles. The minimum atomic E-state index is -3.44. The van der Waals surface area contributed by atoms with Crippen molar-refractivity contribution in [1.82, 2.24) is 0 Å². The molecule has 0 amide bonds. The topological polar surface area (TPSA) is 177 Å². The van der Waals surface area contributed by atoms with Gasteiger partial charge in [-0.05, 0) is 47.7 Å². The third kappa shape index (κ3) is 3.14. The highest BCUT2D eigenvalue weighted by molar-refractivity contribution is 8.17. The smallest absolute Gasteiger partial charge is 0.263 e. The van der Waals surface area contributed by atoms with Crippen LogP contribution in [0.2, 0.25) is 0 Å². The van der Waals surface area contributed by atoms with E-state index in [0.717, 1.165) is 6.92 Å². The van der Waals surface area contributed by atoms with Crippen LogP contribution in [-0.2, 0) is 23.9 Å². The van der Waals surface area contributed by atoms with Gasteiger partial charge in [0.15, 0.2) is 17.7 Å². The molecule has 4 aliphatic rings. The standard InChI is InChI=1S/C24H25NO9S/c1-10-19(27)16(25)9-17(33-10)34-22(11(2)26)15-8-13-6-4-3-5-12(13)7-14(15)18-20(28)21(29)35-23(18,30)24(22,31)32/h3-8,10,15-17,19,27,30-32H,9,25H2,1-2H3/t10-,15?,16-,17?,19+,22?,23?/m1/s1. The number of nitrogens with two attached hydrogens (primary N) is 1. The number of carbonyl (C=O) groups excluding carboxylic acids is 3. The molecule has 11 heteroatoms. The molecule has 6 N–H and O–H groups in total. The quantitative estimate of drug-likeness (QED) is 0.219. The summed E-state index contributed by atoms with van der Waals surface area (Å²) in [5.41, 5.74) is 2.97. The summed E-state index contributed by atoms with van der Waals surface area (Å²) in [5, 5.41) is 44.9. The van der Waals surface area contributed by atoms with E-state index < -0.39 is 69.0 Å². The second-order valence-corrected chi connectivity index (χ2v) is 10.5. The minimum absolute atomic E-state index is 0.0247. The van der Waals surface area contributed by atoms with Crippen LogP contribution in [0.25, 0.3) is 12.2 Å². The maximum absolute atomic E-state index is 13.4. The summed E-state index contributed by atoms with van der Waals surface area (Å²) in [7, 11) is 0. The van der Waals surface area contributed by atoms with Crippen molar-refractivity contribution < 1.29 is 44.3 Å². The number of hydrogen-bond donors (Lipinski definition) is 5. The van der Waals surface area contributed by atoms with E-state index in [4.69, 9.17) is 15.2 Å². The van der Waals surface area contributed by atoms with Crippen LogP contribution in [0, 0.1) is 5.92 Å². The van der Waals surface area contributed by atoms with Crippen LogP contribution in [0.5, 0.6) is 0 Å². The van der Waals surface area contributed by atoms with E-state index in [2.05, 4.69) is 0 Å². The second-order valence-electron chi connectivity index (χ2n) is 9.35. The third-order valence-corrected chi connectivity index (χ3v) is 8.44. The lowest BCUT2D eigenvalue weighted by molar-refractivity contribution is -0.364. The fourth-order valence-corrected chi connectivity index (χ4v) is 6.55. The SMILES string of the molecule is CC(=O)C1(OC2C[C@@H](N)[C@@H](O)[C@@H](C)O2)C2C=c3ccccc3=CC2=C2C(=O)C(=O)SC2(O)C1(O)O. The van der Waals surface area contributed by atoms with Crippen LogP contribution in [0.15, 0.2) is 35.4 Å². The molecule has 4 unspecified atom stereocenters. The van der Waals surface area contributed by atoms with E-state index in [1.165, 1.54) is 6.08 Å². The van der Waals surface area contributed by atoms with E-state index in [9.17, 15) is 34.8 Å². The molecule has 0 radical (unpaired) electrons. The summed E-state index contributed by atoms with van der Waals surface area (Å²) in [6.45, 7) is 2.61. The van der Waals surface area contributed by atoms with Crippen molar-refractivity contribution in [1.29, 1.82) is 0 Å². The van der Waals surface area contributed by atoms with Gasteiger partial charge in [0.05, 0.1) is 17.8 Å². The largest absolute Gasteiger partial charge is 0.389 e. The maximum atomic E-state index is 13.4. The Morgan fingerprint density at radius 2 is 1.86 bits per heavy atom. The number of carbonyl (C=O) groups is 3. The lowest BCUT2D eigenvalue weighted by Crippen LogP contribution is -2.77. The number of ketones is 2. The van der Waals surface area contributed by atoms with Crippen LogP contribution in [0.4, 0.5) is 0 Å². The monoisotopic (exact) mass is 503 g/mol. The van der Waals surface area contributed by atoms with Gasteiger partial charge < -0.3 is 35.6 Å². The van der Waals surface area contributed by atoms with Crippen molar-refractivity contribution in [3.63, 3.8) is 0 Å². The Labute approximate surface area is 203 Å². The lowest BCUT2D eigenvalue weighted by atomic mass is 9.62. The molecule has 1 aromatic rings. The molecule has 10 nitrogen and oxygen atoms in total. The summed E-state index contributed by atoms with van der Waals surface area (Å²) < 4.78 is 11.8. The predicted molar refractivity (Wildman–Crippen MR) is 122 cm³/mol. The normalized spacial score (nSPS) is 39.8. The summed E-state index contributed by atoms with van der Waals surface area (Å²) in [4.78, 5) is 35.8. The van der Waals surface area contributed by atoms with Gasteiger partial charge in [-0.15, -0.1) is 0 Å². The van der Waals surface area contributed by atoms with Gasteiger partial charge >= 0.3 is 0 Å². The average Bonchev–Trinajstić information content (AvgIpc) is 3.03. The van der Waals surface area contributed by atoms with Crippen molar-refractivity contribution >= 4 is 40.6 Å². The molecular weight excluding hydrogens is 478 g/mol. The zero-order valence-electron chi connectivity index (χ0n) is 18.9. The molecule has 1 aromatic carbocycles. The van der Waals surface area contributed by atoms with Gasteiger partial charge in [0.1, 0.15) is 0 Å². The zero-order chi connectivity index (χ0) is 25.5. The zero-order valence-corrected chi connectivity index (χ0v) is 19.7. The summed E-state index contributed by atoms with van der Waals surface area (Å²) in [6, 6.07) is 6.17. The average molecular weight is 504 g/mol. The lowest BCUT2D eigenvalue weighted by Gasteiger charge is -2.56. The van der Waals surface area contributed by atoms with Gasteiger partial charge in [-0.3, -0.25) is 14.4 Å². The van der Waals surface area contributed by atoms with E-state index >= 15 is 0 Å². The highest BCUT2D eigenvalue weighted by Crippen LogP contribution is 2.60. The Morgan fingerprint density at radius 3 is 2.49 bits per heavy atom. The molecule has 0 bridgehead atoms. The molecule has 7 atom stereocenters. The van der Waals surface area contributed by atoms with E-state index in [1.54, 1.807) is 37.3 Å². The highest BCUT2D eigenvalue weighted by atomic mass is 32.2. The Morgan fingerprint density at radius 1 is 1.20 bits per heavy atom. The van der Waals surface area contributed by atoms with Gasteiger partial charge in [-0.2, -0.15) is 0 Å². The molecule has 35 heavy (non-hydrogen) atoms. The Bertz CT molecular complexity index is 1290. The minimum Gasteiger partial charge on any atom is -0.389 e. The Kier molecular flexibility index (Phi) is 5.52. The van der Waals surface area contributed by atoms with Crippen LogP contribution < -0.4 is 16.2 Å². The van der Waals surface area contributed by atoms with E-state index in [1.807, 2.05) is 0 Å². The molecule has 186 valence electrons. The first-order valence-corrected chi connectivity index (χ1v) is 11.9. The predicted octanol–water partition coefficient (Wildman–Crippen LogP) is -2.43. The first kappa shape index (κ1) is 24.5. The number of hydrogen-bond acceptors (Lipinski definition) is 11. The maximum Gasteiger partial charge on any atom is 0.263 e. The van der Waals surface area contributed by atoms with E-state index in [-0.39, 0.29) is 23.8 Å². The number of Topliss-reactive ketones (excluding diaryl/α,β-unsaturated/α-hetero) is 2. The third-order valence-electron chi connectivity index (χ3n) is 7.29. The van der Waals surface area contributed by atoms with Crippen molar-refractivity contribution in [3.8, 4) is 0 Å². The number of fused-ring (bicyclic) bond motifs is 3. The van der Waals surface area contributed by atoms with Crippen LogP contribution in [-0.4, -0.2) is 78.0 Å². The van der Waals surface area contributed by atoms with Gasteiger partial charge in [0.25, 0.3) is 5.12 Å². The van der Waals surface area contributed by atoms with Gasteiger partial charge in [-0.25, -0.2) is 0 Å². The first-order valence-electron chi connectivity index (χ1n) is 11.1. The summed E-state index contributed by atoms with van der Waals surface area (Å²) in [5.74, 6) is -6.69. The number of rotatable bonds is 3. The molecule has 2 aliphatic carbocycles. The van der Waals surface area contributed by atoms with Crippen LogP contribution in [0.3, 0.4) is 0 Å². The molecule has 0 spiro atoms. The molecule has 0 saturated carbocycles. The van der Waals surface area contributed by atoms with Crippen molar-refractivity contribution in [2.75, 3.05) is 0 Å².